The Labute approximate surface area is 131 Å². The number of para-hydroxylation sites is 1. The molecule has 0 fully saturated rings. The van der Waals surface area contributed by atoms with Crippen LogP contribution in [0.25, 0.3) is 0 Å². The number of fused-ring (bicyclic) bond motifs is 1. The smallest absolute Gasteiger partial charge is 0.265 e. The highest BCUT2D eigenvalue weighted by molar-refractivity contribution is 9.10. The molecule has 1 aliphatic rings. The first-order valence-corrected chi connectivity index (χ1v) is 7.33. The Morgan fingerprint density at radius 2 is 2.05 bits per heavy atom. The van der Waals surface area contributed by atoms with Gasteiger partial charge in [0.15, 0.2) is 18.1 Å². The quantitative estimate of drug-likeness (QED) is 0.835. The molecule has 2 aromatic carbocycles. The van der Waals surface area contributed by atoms with E-state index >= 15 is 0 Å². The SMILES string of the molecule is COc1cccc2c1OCC(=O)N(c1cccc(Br)c1)C2. The van der Waals surface area contributed by atoms with Gasteiger partial charge in [0.05, 0.1) is 13.7 Å². The highest BCUT2D eigenvalue weighted by Crippen LogP contribution is 2.35. The molecule has 1 heterocycles. The first-order chi connectivity index (χ1) is 10.2. The standard InChI is InChI=1S/C16H14BrNO3/c1-20-14-7-2-4-11-9-18(15(19)10-21-16(11)14)13-6-3-5-12(17)8-13/h2-8H,9-10H2,1H3. The number of carbonyl (C=O) groups is 1. The van der Waals surface area contributed by atoms with Crippen molar-refractivity contribution < 1.29 is 14.3 Å². The van der Waals surface area contributed by atoms with Crippen LogP contribution in [0.5, 0.6) is 11.5 Å². The lowest BCUT2D eigenvalue weighted by Gasteiger charge is -2.20. The molecule has 0 spiro atoms. The van der Waals surface area contributed by atoms with Crippen LogP contribution in [0.4, 0.5) is 5.69 Å². The highest BCUT2D eigenvalue weighted by Gasteiger charge is 2.24. The second-order valence-electron chi connectivity index (χ2n) is 4.70. The van der Waals surface area contributed by atoms with Crippen LogP contribution >= 0.6 is 15.9 Å². The third-order valence-electron chi connectivity index (χ3n) is 3.37. The number of halogens is 1. The minimum atomic E-state index is -0.0775. The molecule has 0 unspecified atom stereocenters. The summed E-state index contributed by atoms with van der Waals surface area (Å²) >= 11 is 3.43. The summed E-state index contributed by atoms with van der Waals surface area (Å²) in [4.78, 5) is 14.1. The largest absolute Gasteiger partial charge is 0.493 e. The van der Waals surface area contributed by atoms with E-state index in [1.807, 2.05) is 42.5 Å². The van der Waals surface area contributed by atoms with Gasteiger partial charge in [0.25, 0.3) is 5.91 Å². The normalized spacial score (nSPS) is 14.2. The number of hydrogen-bond donors (Lipinski definition) is 0. The van der Waals surface area contributed by atoms with Crippen molar-refractivity contribution in [2.75, 3.05) is 18.6 Å². The fourth-order valence-corrected chi connectivity index (χ4v) is 2.75. The van der Waals surface area contributed by atoms with Gasteiger partial charge in [-0.3, -0.25) is 4.79 Å². The number of ether oxygens (including phenoxy) is 2. The predicted molar refractivity (Wildman–Crippen MR) is 83.8 cm³/mol. The fraction of sp³-hybridized carbons (Fsp3) is 0.188. The minimum absolute atomic E-state index is 0.000112. The van der Waals surface area contributed by atoms with Crippen molar-refractivity contribution in [3.8, 4) is 11.5 Å². The molecule has 108 valence electrons. The molecule has 0 aromatic heterocycles. The van der Waals surface area contributed by atoms with Crippen molar-refractivity contribution >= 4 is 27.5 Å². The average molecular weight is 348 g/mol. The van der Waals surface area contributed by atoms with Gasteiger partial charge in [0, 0.05) is 15.7 Å². The third-order valence-corrected chi connectivity index (χ3v) is 3.86. The highest BCUT2D eigenvalue weighted by atomic mass is 79.9. The number of hydrogen-bond acceptors (Lipinski definition) is 3. The molecular formula is C16H14BrNO3. The molecule has 0 N–H and O–H groups in total. The van der Waals surface area contributed by atoms with Crippen LogP contribution < -0.4 is 14.4 Å². The number of nitrogens with zero attached hydrogens (tertiary/aromatic N) is 1. The van der Waals surface area contributed by atoms with Crippen LogP contribution in [-0.4, -0.2) is 19.6 Å². The molecule has 4 nitrogen and oxygen atoms in total. The van der Waals surface area contributed by atoms with Crippen molar-refractivity contribution in [1.82, 2.24) is 0 Å². The second kappa shape index (κ2) is 5.77. The average Bonchev–Trinajstić information content (AvgIpc) is 2.66. The minimum Gasteiger partial charge on any atom is -0.493 e. The number of anilines is 1. The van der Waals surface area contributed by atoms with E-state index in [0.29, 0.717) is 18.0 Å². The molecule has 1 aliphatic heterocycles. The number of benzene rings is 2. The summed E-state index contributed by atoms with van der Waals surface area (Å²) in [6.07, 6.45) is 0. The van der Waals surface area contributed by atoms with Gasteiger partial charge >= 0.3 is 0 Å². The van der Waals surface area contributed by atoms with E-state index in [0.717, 1.165) is 15.7 Å². The van der Waals surface area contributed by atoms with E-state index in [1.54, 1.807) is 12.0 Å². The van der Waals surface area contributed by atoms with Crippen LogP contribution in [0.2, 0.25) is 0 Å². The summed E-state index contributed by atoms with van der Waals surface area (Å²) in [6.45, 7) is 0.460. The first-order valence-electron chi connectivity index (χ1n) is 6.53. The Morgan fingerprint density at radius 3 is 2.81 bits per heavy atom. The maximum atomic E-state index is 12.3. The van der Waals surface area contributed by atoms with E-state index in [2.05, 4.69) is 15.9 Å². The van der Waals surface area contributed by atoms with Crippen LogP contribution in [0.15, 0.2) is 46.9 Å². The van der Waals surface area contributed by atoms with Crippen LogP contribution in [0.1, 0.15) is 5.56 Å². The molecule has 0 saturated carbocycles. The summed E-state index contributed by atoms with van der Waals surface area (Å²) in [5.74, 6) is 1.22. The monoisotopic (exact) mass is 347 g/mol. The Morgan fingerprint density at radius 1 is 1.24 bits per heavy atom. The third kappa shape index (κ3) is 2.74. The van der Waals surface area contributed by atoms with E-state index in [1.165, 1.54) is 0 Å². The lowest BCUT2D eigenvalue weighted by atomic mass is 10.1. The number of carbonyl (C=O) groups excluding carboxylic acids is 1. The van der Waals surface area contributed by atoms with Gasteiger partial charge in [0.1, 0.15) is 0 Å². The Hall–Kier alpha value is -2.01. The second-order valence-corrected chi connectivity index (χ2v) is 5.61. The molecule has 21 heavy (non-hydrogen) atoms. The molecular weight excluding hydrogens is 334 g/mol. The summed E-state index contributed by atoms with van der Waals surface area (Å²) in [7, 11) is 1.60. The summed E-state index contributed by atoms with van der Waals surface area (Å²) in [6, 6.07) is 13.3. The van der Waals surface area contributed by atoms with Crippen molar-refractivity contribution in [1.29, 1.82) is 0 Å². The fourth-order valence-electron chi connectivity index (χ4n) is 2.36. The molecule has 0 bridgehead atoms. The lowest BCUT2D eigenvalue weighted by molar-refractivity contribution is -0.120. The topological polar surface area (TPSA) is 38.8 Å². The molecule has 0 aliphatic carbocycles. The molecule has 0 radical (unpaired) electrons. The van der Waals surface area contributed by atoms with Gasteiger partial charge in [0.2, 0.25) is 0 Å². The molecule has 5 heteroatoms. The summed E-state index contributed by atoms with van der Waals surface area (Å²) in [5, 5.41) is 0. The number of methoxy groups -OCH3 is 1. The van der Waals surface area contributed by atoms with Crippen LogP contribution in [-0.2, 0) is 11.3 Å². The molecule has 0 atom stereocenters. The predicted octanol–water partition coefficient (Wildman–Crippen LogP) is 3.38. The van der Waals surface area contributed by atoms with Gasteiger partial charge in [-0.15, -0.1) is 0 Å². The maximum absolute atomic E-state index is 12.3. The van der Waals surface area contributed by atoms with Crippen molar-refractivity contribution in [3.63, 3.8) is 0 Å². The van der Waals surface area contributed by atoms with E-state index in [-0.39, 0.29) is 12.5 Å². The van der Waals surface area contributed by atoms with E-state index in [9.17, 15) is 4.79 Å². The summed E-state index contributed by atoms with van der Waals surface area (Å²) in [5.41, 5.74) is 1.77. The van der Waals surface area contributed by atoms with Crippen LogP contribution in [0, 0.1) is 0 Å². The Balaban J connectivity index is 2.01. The molecule has 1 amide bonds. The number of amides is 1. The van der Waals surface area contributed by atoms with Crippen LogP contribution in [0.3, 0.4) is 0 Å². The van der Waals surface area contributed by atoms with Gasteiger partial charge < -0.3 is 14.4 Å². The molecule has 0 saturated heterocycles. The van der Waals surface area contributed by atoms with Crippen molar-refractivity contribution in [2.24, 2.45) is 0 Å². The molecule has 2 aromatic rings. The zero-order valence-corrected chi connectivity index (χ0v) is 13.1. The van der Waals surface area contributed by atoms with E-state index < -0.39 is 0 Å². The van der Waals surface area contributed by atoms with E-state index in [4.69, 9.17) is 9.47 Å². The van der Waals surface area contributed by atoms with Gasteiger partial charge in [-0.05, 0) is 24.3 Å². The summed E-state index contributed by atoms with van der Waals surface area (Å²) < 4.78 is 11.9. The van der Waals surface area contributed by atoms with Gasteiger partial charge in [-0.25, -0.2) is 0 Å². The lowest BCUT2D eigenvalue weighted by Crippen LogP contribution is -2.32. The van der Waals surface area contributed by atoms with Gasteiger partial charge in [-0.1, -0.05) is 34.1 Å². The van der Waals surface area contributed by atoms with Crippen molar-refractivity contribution in [2.45, 2.75) is 6.54 Å². The Bertz CT molecular complexity index is 687. The molecule has 3 rings (SSSR count). The van der Waals surface area contributed by atoms with Gasteiger partial charge in [-0.2, -0.15) is 0 Å². The number of rotatable bonds is 2. The Kier molecular flexibility index (Phi) is 3.84. The maximum Gasteiger partial charge on any atom is 0.265 e. The van der Waals surface area contributed by atoms with Crippen molar-refractivity contribution in [3.05, 3.63) is 52.5 Å². The zero-order chi connectivity index (χ0) is 14.8. The zero-order valence-electron chi connectivity index (χ0n) is 11.5. The first kappa shape index (κ1) is 13.9.